The van der Waals surface area contributed by atoms with Crippen molar-refractivity contribution in [3.63, 3.8) is 0 Å². The van der Waals surface area contributed by atoms with E-state index in [9.17, 15) is 29.7 Å². The van der Waals surface area contributed by atoms with Gasteiger partial charge < -0.3 is 20.8 Å². The van der Waals surface area contributed by atoms with E-state index in [1.54, 1.807) is 0 Å². The van der Waals surface area contributed by atoms with Gasteiger partial charge in [0.15, 0.2) is 17.3 Å². The molecule has 2 N–H and O–H groups in total. The second-order valence-electron chi connectivity index (χ2n) is 16.1. The Bertz CT molecular complexity index is 803. The van der Waals surface area contributed by atoms with Crippen molar-refractivity contribution >= 4 is 17.3 Å². The number of rotatable bonds is 3. The maximum atomic E-state index is 11.4. The summed E-state index contributed by atoms with van der Waals surface area (Å²) in [6.07, 6.45) is 3.67. The normalized spacial score (nSPS) is 13.8. The van der Waals surface area contributed by atoms with E-state index in [1.807, 2.05) is 125 Å². The molecular formula is C33H59O7Sc. The minimum atomic E-state index is -0.457. The van der Waals surface area contributed by atoms with E-state index >= 15 is 0 Å². The number of hydrogen-bond acceptors (Lipinski definition) is 6. The monoisotopic (exact) mass is 612 g/mol. The smallest absolute Gasteiger partial charge is 0.875 e. The van der Waals surface area contributed by atoms with Gasteiger partial charge in [-0.1, -0.05) is 125 Å². The van der Waals surface area contributed by atoms with Crippen molar-refractivity contribution in [2.45, 2.75) is 125 Å². The molecule has 41 heavy (non-hydrogen) atoms. The van der Waals surface area contributed by atoms with Crippen molar-refractivity contribution in [1.82, 2.24) is 0 Å². The first-order valence-electron chi connectivity index (χ1n) is 13.5. The van der Waals surface area contributed by atoms with Crippen LogP contribution >= 0.6 is 0 Å². The maximum Gasteiger partial charge on any atom is 3.00 e. The predicted octanol–water partition coefficient (Wildman–Crippen LogP) is 4.85. The fourth-order valence-electron chi connectivity index (χ4n) is 1.66. The zero-order valence-electron chi connectivity index (χ0n) is 29.3. The summed E-state index contributed by atoms with van der Waals surface area (Å²) < 4.78 is 0. The molecule has 0 amide bonds. The average molecular weight is 613 g/mol. The van der Waals surface area contributed by atoms with Crippen molar-refractivity contribution in [2.75, 3.05) is 0 Å². The summed E-state index contributed by atoms with van der Waals surface area (Å²) in [5.41, 5.74) is -2.74. The summed E-state index contributed by atoms with van der Waals surface area (Å²) >= 11 is 0. The largest absolute Gasteiger partial charge is 3.00 e. The molecule has 0 spiro atoms. The molecule has 0 aliphatic carbocycles. The van der Waals surface area contributed by atoms with Gasteiger partial charge in [0, 0.05) is 16.2 Å². The van der Waals surface area contributed by atoms with Gasteiger partial charge in [-0.2, -0.15) is 0 Å². The number of ketones is 3. The second kappa shape index (κ2) is 17.5. The van der Waals surface area contributed by atoms with Gasteiger partial charge in [0.1, 0.15) is 0 Å². The molecule has 0 fully saturated rings. The van der Waals surface area contributed by atoms with Gasteiger partial charge in [-0.05, 0) is 34.5 Å². The molecule has 8 heteroatoms. The number of carbonyl (C=O) groups excluding carboxylic acids is 3. The Morgan fingerprint density at radius 1 is 0.366 bits per heavy atom. The van der Waals surface area contributed by atoms with Crippen LogP contribution in [0.15, 0.2) is 35.5 Å². The summed E-state index contributed by atoms with van der Waals surface area (Å²) in [5.74, 6) is -0.625. The Hall–Kier alpha value is -1.54. The summed E-state index contributed by atoms with van der Waals surface area (Å²) in [5, 5.41) is 34.3. The molecule has 0 rings (SSSR count). The molecule has 0 bridgehead atoms. The topological polar surface area (TPSA) is 152 Å². The third-order valence-electron chi connectivity index (χ3n) is 5.22. The van der Waals surface area contributed by atoms with E-state index in [0.29, 0.717) is 0 Å². The molecule has 0 unspecified atom stereocenters. The summed E-state index contributed by atoms with van der Waals surface area (Å²) in [4.78, 5) is 34.3. The summed E-state index contributed by atoms with van der Waals surface area (Å²) in [7, 11) is 0. The van der Waals surface area contributed by atoms with Crippen LogP contribution in [0.5, 0.6) is 0 Å². The molecule has 0 aromatic carbocycles. The predicted molar refractivity (Wildman–Crippen MR) is 160 cm³/mol. The Balaban J connectivity index is -0.000000154. The van der Waals surface area contributed by atoms with Gasteiger partial charge in [-0.3, -0.25) is 14.4 Å². The van der Waals surface area contributed by atoms with Crippen molar-refractivity contribution in [1.29, 1.82) is 0 Å². The molecular weight excluding hydrogens is 553 g/mol. The fourth-order valence-corrected chi connectivity index (χ4v) is 1.66. The summed E-state index contributed by atoms with van der Waals surface area (Å²) in [6.45, 7) is 32.5. The van der Waals surface area contributed by atoms with Crippen LogP contribution in [-0.2, 0) is 40.2 Å². The van der Waals surface area contributed by atoms with Crippen LogP contribution in [0.2, 0.25) is 0 Å². The van der Waals surface area contributed by atoms with Gasteiger partial charge in [-0.25, -0.2) is 0 Å². The van der Waals surface area contributed by atoms with Gasteiger partial charge in [0.2, 0.25) is 0 Å². The number of carbonyl (C=O) groups is 3. The van der Waals surface area contributed by atoms with Crippen LogP contribution in [0.3, 0.4) is 0 Å². The Kier molecular flexibility index (Phi) is 21.0. The van der Waals surface area contributed by atoms with Gasteiger partial charge >= 0.3 is 25.8 Å². The third kappa shape index (κ3) is 23.7. The zero-order chi connectivity index (χ0) is 32.6. The van der Waals surface area contributed by atoms with Crippen LogP contribution in [0, 0.1) is 32.5 Å². The Morgan fingerprint density at radius 2 is 0.488 bits per heavy atom. The van der Waals surface area contributed by atoms with Crippen molar-refractivity contribution < 1.29 is 61.0 Å². The van der Waals surface area contributed by atoms with Crippen molar-refractivity contribution in [3.05, 3.63) is 35.5 Å². The van der Waals surface area contributed by atoms with Gasteiger partial charge in [0.05, 0.1) is 0 Å². The molecule has 0 heterocycles. The zero-order valence-corrected chi connectivity index (χ0v) is 31.1. The molecule has 7 nitrogen and oxygen atoms in total. The number of hydrogen-bond donors (Lipinski definition) is 0. The molecule has 0 saturated carbocycles. The van der Waals surface area contributed by atoms with Gasteiger partial charge in [0.25, 0.3) is 0 Å². The van der Waals surface area contributed by atoms with E-state index in [2.05, 4.69) is 0 Å². The van der Waals surface area contributed by atoms with E-state index in [4.69, 9.17) is 0 Å². The van der Waals surface area contributed by atoms with Crippen LogP contribution in [0.1, 0.15) is 125 Å². The first-order valence-corrected chi connectivity index (χ1v) is 13.5. The standard InChI is InChI=1S/3C11H20O2.H2O.Sc/c3*1-10(2,3)8(12)7-9(13)11(4,5)6;;/h3*7,12H,1-6H3;1H2;/q;;;;+3/p-3/b3*8-7+;;. The van der Waals surface area contributed by atoms with E-state index in [0.717, 1.165) is 0 Å². The minimum absolute atomic E-state index is 0. The number of allylic oxidation sites excluding steroid dienone is 6. The van der Waals surface area contributed by atoms with E-state index in [-0.39, 0.29) is 65.9 Å². The third-order valence-corrected chi connectivity index (χ3v) is 5.22. The maximum absolute atomic E-state index is 11.4. The van der Waals surface area contributed by atoms with Crippen LogP contribution in [0.4, 0.5) is 0 Å². The molecule has 0 aliphatic heterocycles. The molecule has 0 aliphatic rings. The van der Waals surface area contributed by atoms with Crippen LogP contribution in [-0.4, -0.2) is 22.8 Å². The van der Waals surface area contributed by atoms with E-state index in [1.165, 1.54) is 18.2 Å². The van der Waals surface area contributed by atoms with Crippen LogP contribution in [0.25, 0.3) is 0 Å². The molecule has 0 aromatic heterocycles. The average Bonchev–Trinajstić information content (AvgIpc) is 2.64. The first kappa shape index (κ1) is 49.2. The molecule has 0 saturated heterocycles. The molecule has 236 valence electrons. The van der Waals surface area contributed by atoms with E-state index < -0.39 is 32.5 Å². The SMILES string of the molecule is CC(C)(C)C(=O)/C=C(/[O-])C(C)(C)C.CC(C)(C)C(=O)/C=C(/[O-])C(C)(C)C.CC(C)(C)C(=O)/C=C(/[O-])C(C)(C)C.O.[Sc+3]. The summed E-state index contributed by atoms with van der Waals surface area (Å²) in [6, 6.07) is 0. The minimum Gasteiger partial charge on any atom is -0.875 e. The Labute approximate surface area is 270 Å². The van der Waals surface area contributed by atoms with Crippen molar-refractivity contribution in [3.8, 4) is 0 Å². The molecule has 0 atom stereocenters. The second-order valence-corrected chi connectivity index (χ2v) is 16.1. The molecule has 0 aromatic rings. The first-order chi connectivity index (χ1) is 16.6. The van der Waals surface area contributed by atoms with Crippen molar-refractivity contribution in [2.24, 2.45) is 32.5 Å². The quantitative estimate of drug-likeness (QED) is 0.328. The van der Waals surface area contributed by atoms with Crippen LogP contribution < -0.4 is 15.3 Å². The molecule has 0 radical (unpaired) electrons. The van der Waals surface area contributed by atoms with Gasteiger partial charge in [-0.15, -0.1) is 17.3 Å². The fraction of sp³-hybridized carbons (Fsp3) is 0.727. The Morgan fingerprint density at radius 3 is 0.561 bits per heavy atom.